The van der Waals surface area contributed by atoms with Crippen LogP contribution in [0.4, 0.5) is 13.2 Å². The van der Waals surface area contributed by atoms with Crippen LogP contribution in [0.1, 0.15) is 32.6 Å². The van der Waals surface area contributed by atoms with E-state index in [1.165, 1.54) is 0 Å². The van der Waals surface area contributed by atoms with E-state index in [0.29, 0.717) is 26.2 Å². The van der Waals surface area contributed by atoms with Crippen LogP contribution < -0.4 is 5.32 Å². The van der Waals surface area contributed by atoms with Crippen LogP contribution in [-0.4, -0.2) is 44.7 Å². The summed E-state index contributed by atoms with van der Waals surface area (Å²) >= 11 is 0. The van der Waals surface area contributed by atoms with Crippen molar-refractivity contribution in [3.05, 3.63) is 0 Å². The van der Waals surface area contributed by atoms with Gasteiger partial charge in [-0.15, -0.1) is 0 Å². The van der Waals surface area contributed by atoms with E-state index in [0.717, 1.165) is 13.0 Å². The molecule has 0 saturated carbocycles. The van der Waals surface area contributed by atoms with Gasteiger partial charge in [0.25, 0.3) is 0 Å². The van der Waals surface area contributed by atoms with E-state index in [1.807, 2.05) is 6.92 Å². The highest BCUT2D eigenvalue weighted by atomic mass is 19.4. The van der Waals surface area contributed by atoms with Gasteiger partial charge in [-0.1, -0.05) is 6.92 Å². The Morgan fingerprint density at radius 3 is 2.67 bits per heavy atom. The Morgan fingerprint density at radius 1 is 1.33 bits per heavy atom. The number of hydrogen-bond donors (Lipinski definition) is 1. The fourth-order valence-electron chi connectivity index (χ4n) is 2.01. The lowest BCUT2D eigenvalue weighted by molar-refractivity contribution is -0.137. The predicted octanol–water partition coefficient (Wildman–Crippen LogP) is 2.50. The smallest absolute Gasteiger partial charge is 0.376 e. The van der Waals surface area contributed by atoms with Gasteiger partial charge in [-0.3, -0.25) is 0 Å². The average molecular weight is 269 g/mol. The van der Waals surface area contributed by atoms with Crippen molar-refractivity contribution in [3.8, 4) is 0 Å². The van der Waals surface area contributed by atoms with Gasteiger partial charge in [0.15, 0.2) is 0 Å². The Bertz CT molecular complexity index is 218. The van der Waals surface area contributed by atoms with Crippen molar-refractivity contribution in [2.75, 3.05) is 26.4 Å². The van der Waals surface area contributed by atoms with Crippen LogP contribution in [0.15, 0.2) is 0 Å². The van der Waals surface area contributed by atoms with Gasteiger partial charge in [-0.2, -0.15) is 13.2 Å². The Hall–Kier alpha value is -0.330. The highest BCUT2D eigenvalue weighted by Gasteiger charge is 2.29. The van der Waals surface area contributed by atoms with Crippen molar-refractivity contribution in [1.82, 2.24) is 5.32 Å². The zero-order valence-electron chi connectivity index (χ0n) is 10.8. The molecule has 1 aliphatic heterocycles. The van der Waals surface area contributed by atoms with Gasteiger partial charge in [-0.05, 0) is 25.8 Å². The fourth-order valence-corrected chi connectivity index (χ4v) is 2.01. The summed E-state index contributed by atoms with van der Waals surface area (Å²) in [5, 5.41) is 3.25. The zero-order valence-corrected chi connectivity index (χ0v) is 10.8. The van der Waals surface area contributed by atoms with E-state index in [4.69, 9.17) is 9.47 Å². The van der Waals surface area contributed by atoms with E-state index >= 15 is 0 Å². The molecule has 1 fully saturated rings. The van der Waals surface area contributed by atoms with E-state index in [2.05, 4.69) is 5.32 Å². The summed E-state index contributed by atoms with van der Waals surface area (Å²) in [6, 6.07) is -0.0485. The molecule has 0 bridgehead atoms. The van der Waals surface area contributed by atoms with E-state index in [-0.39, 0.29) is 18.6 Å². The maximum Gasteiger partial charge on any atom is 0.389 e. The van der Waals surface area contributed by atoms with Crippen LogP contribution >= 0.6 is 0 Å². The standard InChI is InChI=1S/C12H22F3NO2/c1-2-6-16-10(4-3-5-12(13,14)15)11-9-17-7-8-18-11/h10-11,16H,2-9H2,1H3. The number of ether oxygens (including phenoxy) is 2. The first-order valence-corrected chi connectivity index (χ1v) is 6.52. The summed E-state index contributed by atoms with van der Waals surface area (Å²) < 4.78 is 47.2. The quantitative estimate of drug-likeness (QED) is 0.770. The maximum absolute atomic E-state index is 12.1. The number of halogens is 3. The van der Waals surface area contributed by atoms with Crippen LogP contribution in [0.2, 0.25) is 0 Å². The minimum atomic E-state index is -4.07. The second kappa shape index (κ2) is 7.96. The van der Waals surface area contributed by atoms with Crippen molar-refractivity contribution >= 4 is 0 Å². The third-order valence-corrected chi connectivity index (χ3v) is 2.92. The third-order valence-electron chi connectivity index (χ3n) is 2.92. The Kier molecular flexibility index (Phi) is 6.96. The molecule has 2 unspecified atom stereocenters. The van der Waals surface area contributed by atoms with Crippen LogP contribution in [0.5, 0.6) is 0 Å². The molecule has 0 spiro atoms. The Labute approximate surface area is 106 Å². The topological polar surface area (TPSA) is 30.5 Å². The number of hydrogen-bond acceptors (Lipinski definition) is 3. The lowest BCUT2D eigenvalue weighted by Crippen LogP contribution is -2.47. The summed E-state index contributed by atoms with van der Waals surface area (Å²) in [6.45, 7) is 4.37. The minimum Gasteiger partial charge on any atom is -0.376 e. The van der Waals surface area contributed by atoms with E-state index in [9.17, 15) is 13.2 Å². The van der Waals surface area contributed by atoms with Crippen molar-refractivity contribution < 1.29 is 22.6 Å². The van der Waals surface area contributed by atoms with Gasteiger partial charge in [0.1, 0.15) is 0 Å². The van der Waals surface area contributed by atoms with Crippen molar-refractivity contribution in [2.24, 2.45) is 0 Å². The minimum absolute atomic E-state index is 0.0485. The highest BCUT2D eigenvalue weighted by molar-refractivity contribution is 4.79. The largest absolute Gasteiger partial charge is 0.389 e. The summed E-state index contributed by atoms with van der Waals surface area (Å²) in [5.74, 6) is 0. The molecule has 1 rings (SSSR count). The first-order valence-electron chi connectivity index (χ1n) is 6.52. The first-order chi connectivity index (χ1) is 8.53. The highest BCUT2D eigenvalue weighted by Crippen LogP contribution is 2.23. The van der Waals surface area contributed by atoms with E-state index in [1.54, 1.807) is 0 Å². The molecule has 108 valence electrons. The summed E-state index contributed by atoms with van der Waals surface area (Å²) in [7, 11) is 0. The van der Waals surface area contributed by atoms with Crippen LogP contribution in [-0.2, 0) is 9.47 Å². The first kappa shape index (κ1) is 15.7. The summed E-state index contributed by atoms with van der Waals surface area (Å²) in [4.78, 5) is 0. The van der Waals surface area contributed by atoms with Gasteiger partial charge < -0.3 is 14.8 Å². The van der Waals surface area contributed by atoms with E-state index < -0.39 is 12.6 Å². The van der Waals surface area contributed by atoms with Gasteiger partial charge in [-0.25, -0.2) is 0 Å². The Balaban J connectivity index is 2.34. The predicted molar refractivity (Wildman–Crippen MR) is 62.5 cm³/mol. The molecule has 1 saturated heterocycles. The summed E-state index contributed by atoms with van der Waals surface area (Å²) in [6.07, 6.45) is -3.38. The molecule has 3 nitrogen and oxygen atoms in total. The molecule has 0 aromatic rings. The van der Waals surface area contributed by atoms with Crippen molar-refractivity contribution in [3.63, 3.8) is 0 Å². The van der Waals surface area contributed by atoms with Crippen LogP contribution in [0.3, 0.4) is 0 Å². The van der Waals surface area contributed by atoms with Gasteiger partial charge in [0, 0.05) is 12.5 Å². The molecular weight excluding hydrogens is 247 g/mol. The number of rotatable bonds is 7. The molecule has 1 N–H and O–H groups in total. The second-order valence-electron chi connectivity index (χ2n) is 4.55. The molecule has 0 aromatic carbocycles. The summed E-state index contributed by atoms with van der Waals surface area (Å²) in [5.41, 5.74) is 0. The van der Waals surface area contributed by atoms with Gasteiger partial charge in [0.2, 0.25) is 0 Å². The second-order valence-corrected chi connectivity index (χ2v) is 4.55. The molecule has 6 heteroatoms. The lowest BCUT2D eigenvalue weighted by Gasteiger charge is -2.31. The molecule has 0 amide bonds. The monoisotopic (exact) mass is 269 g/mol. The molecule has 18 heavy (non-hydrogen) atoms. The third kappa shape index (κ3) is 6.56. The van der Waals surface area contributed by atoms with Crippen molar-refractivity contribution in [1.29, 1.82) is 0 Å². The van der Waals surface area contributed by atoms with Gasteiger partial charge >= 0.3 is 6.18 Å². The van der Waals surface area contributed by atoms with Crippen molar-refractivity contribution in [2.45, 2.75) is 50.9 Å². The molecular formula is C12H22F3NO2. The SMILES string of the molecule is CCCNC(CCCC(F)(F)F)C1COCCO1. The number of nitrogens with one attached hydrogen (secondary N) is 1. The zero-order chi connectivity index (χ0) is 13.4. The van der Waals surface area contributed by atoms with Gasteiger partial charge in [0.05, 0.1) is 25.9 Å². The number of alkyl halides is 3. The molecule has 0 aliphatic carbocycles. The Morgan fingerprint density at radius 2 is 2.11 bits per heavy atom. The molecule has 0 aromatic heterocycles. The van der Waals surface area contributed by atoms with Crippen LogP contribution in [0.25, 0.3) is 0 Å². The average Bonchev–Trinajstić information content (AvgIpc) is 2.33. The molecule has 1 heterocycles. The normalized spacial score (nSPS) is 23.0. The lowest BCUT2D eigenvalue weighted by atomic mass is 10.0. The molecule has 1 aliphatic rings. The fraction of sp³-hybridized carbons (Fsp3) is 1.00. The molecule has 0 radical (unpaired) electrons. The molecule has 2 atom stereocenters. The van der Waals surface area contributed by atoms with Crippen LogP contribution in [0, 0.1) is 0 Å². The maximum atomic E-state index is 12.1.